The average molecular weight is 292 g/mol. The Morgan fingerprint density at radius 1 is 1.29 bits per heavy atom. The van der Waals surface area contributed by atoms with Gasteiger partial charge in [0.15, 0.2) is 0 Å². The third kappa shape index (κ3) is 4.74. The van der Waals surface area contributed by atoms with Gasteiger partial charge in [-0.1, -0.05) is 32.9 Å². The van der Waals surface area contributed by atoms with Crippen molar-refractivity contribution in [2.45, 2.75) is 65.0 Å². The van der Waals surface area contributed by atoms with E-state index >= 15 is 0 Å². The first-order chi connectivity index (χ1) is 9.43. The minimum atomic E-state index is -1.06. The third-order valence-corrected chi connectivity index (χ3v) is 3.64. The van der Waals surface area contributed by atoms with E-state index in [4.69, 9.17) is 16.2 Å². The lowest BCUT2D eigenvalue weighted by Crippen LogP contribution is -2.51. The highest BCUT2D eigenvalue weighted by Crippen LogP contribution is 2.28. The van der Waals surface area contributed by atoms with Crippen molar-refractivity contribution in [3.05, 3.63) is 29.3 Å². The van der Waals surface area contributed by atoms with Crippen molar-refractivity contribution in [3.63, 3.8) is 0 Å². The van der Waals surface area contributed by atoms with Gasteiger partial charge >= 0.3 is 0 Å². The predicted octanol–water partition coefficient (Wildman–Crippen LogP) is 2.65. The van der Waals surface area contributed by atoms with Crippen LogP contribution in [0.4, 0.5) is 0 Å². The summed E-state index contributed by atoms with van der Waals surface area (Å²) < 4.78 is 5.91. The summed E-state index contributed by atoms with van der Waals surface area (Å²) in [7, 11) is 0. The SMILES string of the molecule is Cc1cc(C(C)(C)C)ccc1OC(C)CC(C)(N)C(N)=O. The average Bonchev–Trinajstić information content (AvgIpc) is 2.29. The molecule has 118 valence electrons. The fourth-order valence-electron chi connectivity index (χ4n) is 2.20. The van der Waals surface area contributed by atoms with Crippen LogP contribution in [0.2, 0.25) is 0 Å². The second kappa shape index (κ2) is 6.06. The molecule has 0 saturated heterocycles. The van der Waals surface area contributed by atoms with Crippen molar-refractivity contribution in [3.8, 4) is 5.75 Å². The van der Waals surface area contributed by atoms with Gasteiger partial charge in [-0.05, 0) is 43.4 Å². The molecular formula is C17H28N2O2. The van der Waals surface area contributed by atoms with Gasteiger partial charge in [-0.15, -0.1) is 0 Å². The van der Waals surface area contributed by atoms with Crippen molar-refractivity contribution >= 4 is 5.91 Å². The Balaban J connectivity index is 2.82. The molecule has 0 bridgehead atoms. The molecule has 0 aliphatic carbocycles. The molecule has 0 radical (unpaired) electrons. The van der Waals surface area contributed by atoms with Crippen LogP contribution in [-0.2, 0) is 10.2 Å². The Morgan fingerprint density at radius 2 is 1.86 bits per heavy atom. The maximum Gasteiger partial charge on any atom is 0.237 e. The maximum absolute atomic E-state index is 11.3. The van der Waals surface area contributed by atoms with Crippen molar-refractivity contribution in [2.75, 3.05) is 0 Å². The van der Waals surface area contributed by atoms with E-state index < -0.39 is 11.4 Å². The number of carbonyl (C=O) groups is 1. The van der Waals surface area contributed by atoms with Crippen LogP contribution in [0.3, 0.4) is 0 Å². The van der Waals surface area contributed by atoms with Gasteiger partial charge < -0.3 is 16.2 Å². The first kappa shape index (κ1) is 17.5. The van der Waals surface area contributed by atoms with Crippen LogP contribution >= 0.6 is 0 Å². The number of benzene rings is 1. The Hall–Kier alpha value is -1.55. The van der Waals surface area contributed by atoms with Gasteiger partial charge in [0.2, 0.25) is 5.91 Å². The van der Waals surface area contributed by atoms with Gasteiger partial charge in [0.05, 0.1) is 11.6 Å². The number of nitrogens with two attached hydrogens (primary N) is 2. The molecule has 4 heteroatoms. The zero-order valence-corrected chi connectivity index (χ0v) is 14.0. The summed E-state index contributed by atoms with van der Waals surface area (Å²) in [6, 6.07) is 6.19. The fraction of sp³-hybridized carbons (Fsp3) is 0.588. The molecule has 0 fully saturated rings. The smallest absolute Gasteiger partial charge is 0.237 e. The molecule has 0 spiro atoms. The van der Waals surface area contributed by atoms with Crippen molar-refractivity contribution in [1.82, 2.24) is 0 Å². The monoisotopic (exact) mass is 292 g/mol. The quantitative estimate of drug-likeness (QED) is 0.875. The van der Waals surface area contributed by atoms with Gasteiger partial charge in [-0.3, -0.25) is 4.79 Å². The van der Waals surface area contributed by atoms with Gasteiger partial charge in [-0.25, -0.2) is 0 Å². The van der Waals surface area contributed by atoms with Crippen LogP contribution in [0.15, 0.2) is 18.2 Å². The van der Waals surface area contributed by atoms with Crippen molar-refractivity contribution < 1.29 is 9.53 Å². The Labute approximate surface area is 127 Å². The molecule has 1 aromatic carbocycles. The number of primary amides is 1. The molecule has 0 heterocycles. The van der Waals surface area contributed by atoms with E-state index in [9.17, 15) is 4.79 Å². The van der Waals surface area contributed by atoms with E-state index in [1.54, 1.807) is 6.92 Å². The normalized spacial score (nSPS) is 16.1. The third-order valence-electron chi connectivity index (χ3n) is 3.64. The van der Waals surface area contributed by atoms with E-state index in [0.29, 0.717) is 6.42 Å². The van der Waals surface area contributed by atoms with E-state index in [2.05, 4.69) is 32.9 Å². The lowest BCUT2D eigenvalue weighted by Gasteiger charge is -2.26. The van der Waals surface area contributed by atoms with Gasteiger partial charge in [0.25, 0.3) is 0 Å². The first-order valence-corrected chi connectivity index (χ1v) is 7.30. The second-order valence-corrected chi connectivity index (χ2v) is 7.14. The first-order valence-electron chi connectivity index (χ1n) is 7.30. The van der Waals surface area contributed by atoms with Gasteiger partial charge in [0.1, 0.15) is 5.75 Å². The Morgan fingerprint density at radius 3 is 2.29 bits per heavy atom. The Kier molecular flexibility index (Phi) is 5.05. The van der Waals surface area contributed by atoms with Crippen LogP contribution < -0.4 is 16.2 Å². The van der Waals surface area contributed by atoms with Crippen LogP contribution in [0.25, 0.3) is 0 Å². The highest BCUT2D eigenvalue weighted by atomic mass is 16.5. The largest absolute Gasteiger partial charge is 0.490 e. The van der Waals surface area contributed by atoms with Crippen LogP contribution in [0.1, 0.15) is 52.2 Å². The van der Waals surface area contributed by atoms with E-state index in [0.717, 1.165) is 11.3 Å². The van der Waals surface area contributed by atoms with Gasteiger partial charge in [-0.2, -0.15) is 0 Å². The highest BCUT2D eigenvalue weighted by Gasteiger charge is 2.29. The number of aryl methyl sites for hydroxylation is 1. The minimum absolute atomic E-state index is 0.108. The predicted molar refractivity (Wildman–Crippen MR) is 86.4 cm³/mol. The molecule has 0 aliphatic rings. The lowest BCUT2D eigenvalue weighted by atomic mass is 9.86. The zero-order chi connectivity index (χ0) is 16.4. The van der Waals surface area contributed by atoms with E-state index in [1.807, 2.05) is 19.9 Å². The summed E-state index contributed by atoms with van der Waals surface area (Å²) in [5, 5.41) is 0. The molecule has 4 N–H and O–H groups in total. The number of amides is 1. The molecule has 2 atom stereocenters. The Bertz CT molecular complexity index is 516. The minimum Gasteiger partial charge on any atom is -0.490 e. The molecule has 0 saturated carbocycles. The number of hydrogen-bond donors (Lipinski definition) is 2. The highest BCUT2D eigenvalue weighted by molar-refractivity contribution is 5.83. The molecule has 1 aromatic rings. The standard InChI is InChI=1S/C17H28N2O2/c1-11-9-13(16(3,4)5)7-8-14(11)21-12(2)10-17(6,19)15(18)20/h7-9,12H,10,19H2,1-6H3,(H2,18,20). The molecule has 0 aromatic heterocycles. The van der Waals surface area contributed by atoms with Crippen molar-refractivity contribution in [1.29, 1.82) is 0 Å². The number of rotatable bonds is 5. The number of carbonyl (C=O) groups excluding carboxylic acids is 1. The van der Waals surface area contributed by atoms with E-state index in [1.165, 1.54) is 5.56 Å². The molecule has 4 nitrogen and oxygen atoms in total. The summed E-state index contributed by atoms with van der Waals surface area (Å²) in [6.07, 6.45) is 0.190. The topological polar surface area (TPSA) is 78.3 Å². The maximum atomic E-state index is 11.3. The molecule has 1 amide bonds. The molecule has 21 heavy (non-hydrogen) atoms. The molecular weight excluding hydrogens is 264 g/mol. The fourth-order valence-corrected chi connectivity index (χ4v) is 2.20. The molecule has 2 unspecified atom stereocenters. The number of ether oxygens (including phenoxy) is 1. The summed E-state index contributed by atoms with van der Waals surface area (Å²) >= 11 is 0. The second-order valence-electron chi connectivity index (χ2n) is 7.14. The molecule has 1 rings (SSSR count). The zero-order valence-electron chi connectivity index (χ0n) is 14.0. The van der Waals surface area contributed by atoms with E-state index in [-0.39, 0.29) is 11.5 Å². The summed E-state index contributed by atoms with van der Waals surface area (Å²) in [5.74, 6) is 0.300. The lowest BCUT2D eigenvalue weighted by molar-refractivity contribution is -0.123. The van der Waals surface area contributed by atoms with Gasteiger partial charge in [0, 0.05) is 6.42 Å². The molecule has 0 aliphatic heterocycles. The summed E-state index contributed by atoms with van der Waals surface area (Å²) in [4.78, 5) is 11.3. The summed E-state index contributed by atoms with van der Waals surface area (Å²) in [6.45, 7) is 12.1. The van der Waals surface area contributed by atoms with Crippen LogP contribution in [0, 0.1) is 6.92 Å². The van der Waals surface area contributed by atoms with Crippen LogP contribution in [0.5, 0.6) is 5.75 Å². The van der Waals surface area contributed by atoms with Crippen molar-refractivity contribution in [2.24, 2.45) is 11.5 Å². The summed E-state index contributed by atoms with van der Waals surface area (Å²) in [5.41, 5.74) is 12.6. The van der Waals surface area contributed by atoms with Crippen LogP contribution in [-0.4, -0.2) is 17.6 Å². The number of hydrogen-bond acceptors (Lipinski definition) is 3.